The van der Waals surface area contributed by atoms with Crippen LogP contribution in [0.4, 0.5) is 10.5 Å². The van der Waals surface area contributed by atoms with Gasteiger partial charge in [0, 0.05) is 0 Å². The van der Waals surface area contributed by atoms with Gasteiger partial charge in [-0.25, -0.2) is 4.79 Å². The van der Waals surface area contributed by atoms with E-state index in [1.54, 1.807) is 24.3 Å². The van der Waals surface area contributed by atoms with E-state index in [4.69, 9.17) is 17.6 Å². The van der Waals surface area contributed by atoms with Crippen LogP contribution in [0.25, 0.3) is 0 Å². The van der Waals surface area contributed by atoms with Gasteiger partial charge in [0.05, 0.1) is 5.69 Å². The van der Waals surface area contributed by atoms with Crippen molar-refractivity contribution in [3.05, 3.63) is 24.3 Å². The SMILES string of the molecule is NC(=O)Nc1ccccc1OCl. The van der Waals surface area contributed by atoms with Crippen molar-refractivity contribution in [3.63, 3.8) is 0 Å². The highest BCUT2D eigenvalue weighted by atomic mass is 35.5. The number of halogens is 1. The van der Waals surface area contributed by atoms with Gasteiger partial charge in [-0.15, -0.1) is 0 Å². The van der Waals surface area contributed by atoms with Gasteiger partial charge in [0.15, 0.2) is 5.75 Å². The van der Waals surface area contributed by atoms with Gasteiger partial charge in [-0.2, -0.15) is 0 Å². The molecular weight excluding hydrogens is 180 g/mol. The largest absolute Gasteiger partial charge is 0.383 e. The van der Waals surface area contributed by atoms with Gasteiger partial charge < -0.3 is 15.3 Å². The highest BCUT2D eigenvalue weighted by Gasteiger charge is 2.02. The lowest BCUT2D eigenvalue weighted by molar-refractivity contribution is 0.259. The summed E-state index contributed by atoms with van der Waals surface area (Å²) in [6.07, 6.45) is 0. The number of rotatable bonds is 2. The van der Waals surface area contributed by atoms with Gasteiger partial charge in [0.1, 0.15) is 11.9 Å². The monoisotopic (exact) mass is 186 g/mol. The molecule has 1 rings (SSSR count). The smallest absolute Gasteiger partial charge is 0.316 e. The summed E-state index contributed by atoms with van der Waals surface area (Å²) in [5, 5.41) is 2.35. The molecule has 0 aromatic heterocycles. The Morgan fingerprint density at radius 1 is 1.50 bits per heavy atom. The second kappa shape index (κ2) is 3.82. The Labute approximate surface area is 74.4 Å². The number of carbonyl (C=O) groups is 1. The minimum Gasteiger partial charge on any atom is -0.383 e. The number of benzene rings is 1. The van der Waals surface area contributed by atoms with E-state index >= 15 is 0 Å². The van der Waals surface area contributed by atoms with E-state index in [0.29, 0.717) is 11.4 Å². The van der Waals surface area contributed by atoms with E-state index in [1.807, 2.05) is 0 Å². The van der Waals surface area contributed by atoms with E-state index in [0.717, 1.165) is 0 Å². The van der Waals surface area contributed by atoms with E-state index in [2.05, 4.69) is 9.61 Å². The van der Waals surface area contributed by atoms with Gasteiger partial charge in [-0.3, -0.25) is 0 Å². The molecule has 2 amide bonds. The minimum absolute atomic E-state index is 0.359. The molecule has 0 atom stereocenters. The first kappa shape index (κ1) is 8.67. The van der Waals surface area contributed by atoms with Gasteiger partial charge >= 0.3 is 6.03 Å². The molecule has 3 N–H and O–H groups in total. The summed E-state index contributed by atoms with van der Waals surface area (Å²) < 4.78 is 4.45. The zero-order valence-corrected chi connectivity index (χ0v) is 6.84. The maximum Gasteiger partial charge on any atom is 0.316 e. The lowest BCUT2D eigenvalue weighted by atomic mass is 10.3. The molecule has 4 nitrogen and oxygen atoms in total. The molecule has 64 valence electrons. The van der Waals surface area contributed by atoms with Crippen molar-refractivity contribution in [2.45, 2.75) is 0 Å². The van der Waals surface area contributed by atoms with Crippen molar-refractivity contribution >= 4 is 23.6 Å². The predicted octanol–water partition coefficient (Wildman–Crippen LogP) is 1.71. The summed E-state index contributed by atoms with van der Waals surface area (Å²) in [4.78, 5) is 10.4. The molecule has 5 heteroatoms. The van der Waals surface area contributed by atoms with Crippen LogP contribution in [0.5, 0.6) is 5.75 Å². The van der Waals surface area contributed by atoms with E-state index in [1.165, 1.54) is 0 Å². The van der Waals surface area contributed by atoms with Crippen LogP contribution < -0.4 is 15.3 Å². The first-order valence-electron chi connectivity index (χ1n) is 3.18. The Morgan fingerprint density at radius 2 is 2.17 bits per heavy atom. The van der Waals surface area contributed by atoms with Gasteiger partial charge in [0.2, 0.25) is 0 Å². The van der Waals surface area contributed by atoms with Crippen LogP contribution in [0, 0.1) is 0 Å². The van der Waals surface area contributed by atoms with E-state index in [9.17, 15) is 4.79 Å². The zero-order chi connectivity index (χ0) is 8.97. The second-order valence-electron chi connectivity index (χ2n) is 2.06. The van der Waals surface area contributed by atoms with E-state index in [-0.39, 0.29) is 0 Å². The molecule has 0 spiro atoms. The average Bonchev–Trinajstić information content (AvgIpc) is 2.04. The van der Waals surface area contributed by atoms with Crippen LogP contribution in [-0.4, -0.2) is 6.03 Å². The third-order valence-electron chi connectivity index (χ3n) is 1.23. The molecule has 0 unspecified atom stereocenters. The fourth-order valence-electron chi connectivity index (χ4n) is 0.770. The zero-order valence-electron chi connectivity index (χ0n) is 6.08. The fourth-order valence-corrected chi connectivity index (χ4v) is 0.904. The summed E-state index contributed by atoms with van der Waals surface area (Å²) >= 11 is 5.12. The minimum atomic E-state index is -0.656. The Balaban J connectivity index is 2.89. The quantitative estimate of drug-likeness (QED) is 0.739. The number of nitrogens with two attached hydrogens (primary N) is 1. The molecule has 0 aliphatic heterocycles. The molecule has 0 saturated heterocycles. The molecule has 0 radical (unpaired) electrons. The standard InChI is InChI=1S/C7H7ClN2O2/c8-12-6-4-2-1-3-5(6)10-7(9)11/h1-4H,(H3,9,10,11). The average molecular weight is 187 g/mol. The first-order chi connectivity index (χ1) is 5.74. The summed E-state index contributed by atoms with van der Waals surface area (Å²) in [5.74, 6) is 0.359. The molecule has 0 saturated carbocycles. The highest BCUT2D eigenvalue weighted by molar-refractivity contribution is 6.09. The Morgan fingerprint density at radius 3 is 2.75 bits per heavy atom. The van der Waals surface area contributed by atoms with Crippen molar-refractivity contribution in [1.29, 1.82) is 0 Å². The van der Waals surface area contributed by atoms with Crippen LogP contribution >= 0.6 is 11.9 Å². The van der Waals surface area contributed by atoms with Gasteiger partial charge in [0.25, 0.3) is 0 Å². The number of urea groups is 1. The number of nitrogens with one attached hydrogen (secondary N) is 1. The highest BCUT2D eigenvalue weighted by Crippen LogP contribution is 2.23. The maximum absolute atomic E-state index is 10.4. The van der Waals surface area contributed by atoms with Crippen molar-refractivity contribution < 1.29 is 9.08 Å². The maximum atomic E-state index is 10.4. The van der Waals surface area contributed by atoms with Crippen LogP contribution in [0.2, 0.25) is 0 Å². The number of anilines is 1. The lowest BCUT2D eigenvalue weighted by Crippen LogP contribution is -2.19. The molecular formula is C7H7ClN2O2. The Hall–Kier alpha value is -1.42. The number of para-hydroxylation sites is 2. The van der Waals surface area contributed by atoms with Crippen LogP contribution in [0.3, 0.4) is 0 Å². The van der Waals surface area contributed by atoms with Crippen LogP contribution in [0.15, 0.2) is 24.3 Å². The molecule has 0 aliphatic rings. The third kappa shape index (κ3) is 2.03. The molecule has 1 aromatic carbocycles. The van der Waals surface area contributed by atoms with Crippen molar-refractivity contribution in [2.24, 2.45) is 5.73 Å². The summed E-state index contributed by atoms with van der Waals surface area (Å²) in [7, 11) is 0. The number of primary amides is 1. The van der Waals surface area contributed by atoms with Gasteiger partial charge in [-0.05, 0) is 12.1 Å². The lowest BCUT2D eigenvalue weighted by Gasteiger charge is -2.04. The number of hydrogen-bond acceptors (Lipinski definition) is 2. The number of amides is 2. The normalized spacial score (nSPS) is 9.08. The molecule has 0 heterocycles. The van der Waals surface area contributed by atoms with Gasteiger partial charge in [-0.1, -0.05) is 12.1 Å². The molecule has 0 aliphatic carbocycles. The van der Waals surface area contributed by atoms with Crippen LogP contribution in [0.1, 0.15) is 0 Å². The van der Waals surface area contributed by atoms with E-state index < -0.39 is 6.03 Å². The second-order valence-corrected chi connectivity index (χ2v) is 2.22. The number of carbonyl (C=O) groups excluding carboxylic acids is 1. The molecule has 12 heavy (non-hydrogen) atoms. The summed E-state index contributed by atoms with van der Waals surface area (Å²) in [6.45, 7) is 0. The summed E-state index contributed by atoms with van der Waals surface area (Å²) in [5.41, 5.74) is 5.34. The fraction of sp³-hybridized carbons (Fsp3) is 0. The first-order valence-corrected chi connectivity index (χ1v) is 3.49. The van der Waals surface area contributed by atoms with Crippen molar-refractivity contribution in [2.75, 3.05) is 5.32 Å². The third-order valence-corrected chi connectivity index (χ3v) is 1.39. The Kier molecular flexibility index (Phi) is 2.76. The predicted molar refractivity (Wildman–Crippen MR) is 46.1 cm³/mol. The molecule has 0 fully saturated rings. The molecule has 1 aromatic rings. The van der Waals surface area contributed by atoms with Crippen molar-refractivity contribution in [3.8, 4) is 5.75 Å². The summed E-state index contributed by atoms with van der Waals surface area (Å²) in [6, 6.07) is 6.03. The van der Waals surface area contributed by atoms with Crippen molar-refractivity contribution in [1.82, 2.24) is 0 Å². The van der Waals surface area contributed by atoms with Crippen LogP contribution in [-0.2, 0) is 0 Å². The Bertz CT molecular complexity index is 290. The molecule has 0 bridgehead atoms. The topological polar surface area (TPSA) is 64.4 Å². The number of hydrogen-bond donors (Lipinski definition) is 2.